The van der Waals surface area contributed by atoms with Gasteiger partial charge in [-0.1, -0.05) is 13.3 Å². The second-order valence-corrected chi connectivity index (χ2v) is 18.1. The van der Waals surface area contributed by atoms with Crippen LogP contribution in [-0.4, -0.2) is 218 Å². The van der Waals surface area contributed by atoms with Crippen LogP contribution in [0.25, 0.3) is 0 Å². The number of ether oxygens (including phenoxy) is 5. The quantitative estimate of drug-likeness (QED) is 0.0766. The third kappa shape index (κ3) is 12.1. The lowest BCUT2D eigenvalue weighted by Gasteiger charge is -2.47. The first-order valence-corrected chi connectivity index (χ1v) is 22.1. The summed E-state index contributed by atoms with van der Waals surface area (Å²) in [6.45, 7) is 4.24. The largest absolute Gasteiger partial charge is 0.394 e. The molecule has 1 aliphatic carbocycles. The van der Waals surface area contributed by atoms with Crippen molar-refractivity contribution >= 4 is 29.3 Å². The van der Waals surface area contributed by atoms with E-state index in [0.29, 0.717) is 5.92 Å². The summed E-state index contributed by atoms with van der Waals surface area (Å²) in [5.74, 6) is 0.350. The van der Waals surface area contributed by atoms with E-state index in [-0.39, 0.29) is 31.3 Å². The van der Waals surface area contributed by atoms with Gasteiger partial charge in [-0.25, -0.2) is 0 Å². The van der Waals surface area contributed by atoms with Crippen molar-refractivity contribution < 1.29 is 69.3 Å². The van der Waals surface area contributed by atoms with Crippen LogP contribution in [-0.2, 0) is 28.5 Å². The van der Waals surface area contributed by atoms with Gasteiger partial charge in [0.05, 0.1) is 48.4 Å². The van der Waals surface area contributed by atoms with E-state index in [1.807, 2.05) is 11.9 Å². The van der Waals surface area contributed by atoms with Crippen molar-refractivity contribution in [1.29, 1.82) is 0 Å². The number of hydrogen-bond acceptors (Lipinski definition) is 21. The van der Waals surface area contributed by atoms with Crippen LogP contribution >= 0.6 is 23.4 Å². The van der Waals surface area contributed by atoms with Gasteiger partial charge in [0.1, 0.15) is 66.5 Å². The number of nitrogens with one attached hydrogen (secondary N) is 1. The zero-order chi connectivity index (χ0) is 44.0. The highest BCUT2D eigenvalue weighted by molar-refractivity contribution is 7.99. The van der Waals surface area contributed by atoms with E-state index in [1.165, 1.54) is 11.8 Å². The molecule has 0 bridgehead atoms. The third-order valence-electron chi connectivity index (χ3n) is 12.0. The zero-order valence-corrected chi connectivity index (χ0v) is 35.7. The Balaban J connectivity index is 0.000000265. The minimum absolute atomic E-state index is 0.0542. The predicted octanol–water partition coefficient (Wildman–Crippen LogP) is -5.91. The monoisotopic (exact) mass is 891 g/mol. The Morgan fingerprint density at radius 2 is 1.46 bits per heavy atom. The van der Waals surface area contributed by atoms with Gasteiger partial charge in [-0.3, -0.25) is 9.69 Å². The number of carbonyl (C=O) groups is 1. The number of amides is 1. The summed E-state index contributed by atoms with van der Waals surface area (Å²) in [5, 5.41) is 83.7. The fourth-order valence-corrected chi connectivity index (χ4v) is 9.43. The molecule has 23 atom stereocenters. The molecule has 21 nitrogen and oxygen atoms in total. The molecule has 0 radical (unpaired) electrons. The predicted molar refractivity (Wildman–Crippen MR) is 215 cm³/mol. The number of likely N-dealkylation sites (N-methyl/N-ethyl adjacent to an activating group) is 1. The Hall–Kier alpha value is -0.650. The molecule has 0 unspecified atom stereocenters. The molecule has 0 spiro atoms. The molecule has 1 saturated carbocycles. The topological polar surface area (TPSA) is 370 Å². The average molecular weight is 893 g/mol. The van der Waals surface area contributed by atoms with Crippen LogP contribution in [0.2, 0.25) is 0 Å². The highest BCUT2D eigenvalue weighted by atomic mass is 35.5. The van der Waals surface area contributed by atoms with E-state index in [2.05, 4.69) is 12.2 Å². The van der Waals surface area contributed by atoms with E-state index >= 15 is 0 Å². The van der Waals surface area contributed by atoms with Gasteiger partial charge in [-0.15, -0.1) is 23.4 Å². The van der Waals surface area contributed by atoms with Gasteiger partial charge in [0.2, 0.25) is 5.91 Å². The zero-order valence-electron chi connectivity index (χ0n) is 34.1. The molecule has 4 heterocycles. The van der Waals surface area contributed by atoms with Crippen molar-refractivity contribution in [1.82, 2.24) is 10.2 Å². The second kappa shape index (κ2) is 22.8. The van der Waals surface area contributed by atoms with Crippen molar-refractivity contribution in [3.63, 3.8) is 0 Å². The number of nitrogens with zero attached hydrogens (tertiary/aromatic N) is 1. The number of likely N-dealkylation sites (tertiary alicyclic amines) is 1. The van der Waals surface area contributed by atoms with Crippen LogP contribution in [0.15, 0.2) is 0 Å². The average Bonchev–Trinajstić information content (AvgIpc) is 3.57. The van der Waals surface area contributed by atoms with Gasteiger partial charge in [-0.2, -0.15) is 0 Å². The SMILES string of the molecule is CCC[C@@H]1C[C@@H](C(=O)N[C@@H]([C@H]2O[C@H](SC)[C@H](O)[C@@H](O)[C@H]2O)[C@H](C)Cl)N(C)C1.NC[C@H]1O[C@H](O[C@H]2[C@H](O)[C@@H](O[C@H]3O[C@H](CO)[C@@H](O)[C@H](N)[C@H]3O)[C@H](N)C[C@@H]2N)[C@H](N)C[C@@H]1O. The van der Waals surface area contributed by atoms with Gasteiger partial charge >= 0.3 is 0 Å². The number of nitrogens with two attached hydrogens (primary N) is 5. The Labute approximate surface area is 354 Å². The molecular weight excluding hydrogens is 822 g/mol. The second-order valence-electron chi connectivity index (χ2n) is 16.5. The molecule has 59 heavy (non-hydrogen) atoms. The molecule has 4 aliphatic heterocycles. The van der Waals surface area contributed by atoms with E-state index in [0.717, 1.165) is 25.8 Å². The van der Waals surface area contributed by atoms with Gasteiger partial charge in [-0.05, 0) is 51.8 Å². The molecule has 23 heteroatoms. The summed E-state index contributed by atoms with van der Waals surface area (Å²) in [6.07, 6.45) is -10.9. The highest BCUT2D eigenvalue weighted by Gasteiger charge is 2.51. The normalized spacial score (nSPS) is 46.8. The molecule has 0 aromatic heterocycles. The number of aliphatic hydroxyl groups is 8. The molecular formula is C36H70ClN7O14S. The lowest BCUT2D eigenvalue weighted by atomic mass is 9.84. The van der Waals surface area contributed by atoms with Crippen LogP contribution in [0.4, 0.5) is 0 Å². The van der Waals surface area contributed by atoms with Crippen LogP contribution in [0, 0.1) is 5.92 Å². The molecule has 0 aromatic carbocycles. The lowest BCUT2D eigenvalue weighted by molar-refractivity contribution is -0.314. The minimum Gasteiger partial charge on any atom is -0.394 e. The van der Waals surface area contributed by atoms with E-state index < -0.39 is 133 Å². The molecule has 5 rings (SSSR count). The standard InChI is InChI=1S/C18H33ClN2O5S.C18H37N5O9/c1-5-6-10-7-11(21(3)8-10)17(25)20-12(9(2)19)16-14(23)13(22)15(24)18(26-16)27-4;19-3-9-8(25)2-7(22)17(29-9)31-15-5(20)1-6(21)16(14(15)28)32-18-13(27)11(23)12(26)10(4-24)30-18/h9-16,18,22-24H,5-8H2,1-4H3,(H,20,25);5-18,24-28H,1-4,19-23H2/t9-,10+,11-,12+,13-,14+,15+,16+,18+;5-,6+,7+,8-,9+,10+,11-,12+,13+,14-,15+,16-,17+,18+/m00/s1. The number of aliphatic hydroxyl groups excluding tert-OH is 8. The Bertz CT molecular complexity index is 1290. The van der Waals surface area contributed by atoms with Crippen molar-refractivity contribution in [3.05, 3.63) is 0 Å². The first kappa shape index (κ1) is 51.0. The summed E-state index contributed by atoms with van der Waals surface area (Å²) in [5.41, 5.74) is 29.1. The van der Waals surface area contributed by atoms with Crippen LogP contribution < -0.4 is 34.0 Å². The van der Waals surface area contributed by atoms with Crippen LogP contribution in [0.1, 0.15) is 46.0 Å². The number of rotatable bonds is 13. The van der Waals surface area contributed by atoms with E-state index in [1.54, 1.807) is 13.2 Å². The first-order chi connectivity index (χ1) is 27.8. The molecule has 346 valence electrons. The number of halogens is 1. The van der Waals surface area contributed by atoms with Crippen molar-refractivity contribution in [2.75, 3.05) is 33.0 Å². The van der Waals surface area contributed by atoms with Crippen LogP contribution in [0.5, 0.6) is 0 Å². The number of alkyl halides is 1. The lowest BCUT2D eigenvalue weighted by Crippen LogP contribution is -2.68. The third-order valence-corrected chi connectivity index (χ3v) is 13.2. The number of thioether (sulfide) groups is 1. The van der Waals surface area contributed by atoms with Gasteiger partial charge in [0.15, 0.2) is 12.6 Å². The first-order valence-electron chi connectivity index (χ1n) is 20.3. The highest BCUT2D eigenvalue weighted by Crippen LogP contribution is 2.33. The molecule has 4 saturated heterocycles. The van der Waals surface area contributed by atoms with E-state index in [4.69, 9.17) is 64.0 Å². The molecule has 0 aromatic rings. The maximum atomic E-state index is 12.9. The van der Waals surface area contributed by atoms with E-state index in [9.17, 15) is 45.6 Å². The molecule has 19 N–H and O–H groups in total. The maximum Gasteiger partial charge on any atom is 0.237 e. The fraction of sp³-hybridized carbons (Fsp3) is 0.972. The summed E-state index contributed by atoms with van der Waals surface area (Å²) in [4.78, 5) is 14.9. The van der Waals surface area contributed by atoms with Crippen LogP contribution in [0.3, 0.4) is 0 Å². The Morgan fingerprint density at radius 1 is 0.847 bits per heavy atom. The molecule has 1 amide bonds. The summed E-state index contributed by atoms with van der Waals surface area (Å²) in [6, 6.07) is -4.20. The van der Waals surface area contributed by atoms with Gasteiger partial charge < -0.3 is 98.5 Å². The summed E-state index contributed by atoms with van der Waals surface area (Å²) >= 11 is 7.55. The maximum absolute atomic E-state index is 12.9. The minimum atomic E-state index is -1.44. The number of hydrogen-bond donors (Lipinski definition) is 14. The Morgan fingerprint density at radius 3 is 2.02 bits per heavy atom. The molecule has 5 fully saturated rings. The number of carbonyl (C=O) groups excluding carboxylic acids is 1. The fourth-order valence-electron chi connectivity index (χ4n) is 8.54. The van der Waals surface area contributed by atoms with Gasteiger partial charge in [0, 0.05) is 25.2 Å². The van der Waals surface area contributed by atoms with Crippen molar-refractivity contribution in [2.45, 2.75) is 179 Å². The summed E-state index contributed by atoms with van der Waals surface area (Å²) < 4.78 is 28.5. The van der Waals surface area contributed by atoms with Crippen molar-refractivity contribution in [2.24, 2.45) is 34.6 Å². The summed E-state index contributed by atoms with van der Waals surface area (Å²) in [7, 11) is 1.94. The Kier molecular flexibility index (Phi) is 19.7. The van der Waals surface area contributed by atoms with Gasteiger partial charge in [0.25, 0.3) is 0 Å². The molecule has 5 aliphatic rings. The van der Waals surface area contributed by atoms with Crippen molar-refractivity contribution in [3.8, 4) is 0 Å². The smallest absolute Gasteiger partial charge is 0.237 e.